The third-order valence-electron chi connectivity index (χ3n) is 8.34. The highest BCUT2D eigenvalue weighted by Gasteiger charge is 2.48. The monoisotopic (exact) mass is 638 g/mol. The first-order valence-corrected chi connectivity index (χ1v) is 16.4. The summed E-state index contributed by atoms with van der Waals surface area (Å²) in [6, 6.07) is 59.9. The zero-order chi connectivity index (χ0) is 28.4. The Morgan fingerprint density at radius 1 is 0.465 bits per heavy atom. The minimum atomic E-state index is -2.25. The van der Waals surface area contributed by atoms with Crippen LogP contribution in [0.25, 0.3) is 32.7 Å². The lowest BCUT2D eigenvalue weighted by Gasteiger charge is -2.31. The fourth-order valence-corrected chi connectivity index (χ4v) is 10.9. The van der Waals surface area contributed by atoms with Crippen LogP contribution in [-0.4, -0.2) is 7.11 Å². The van der Waals surface area contributed by atoms with Crippen molar-refractivity contribution >= 4 is 44.7 Å². The number of ether oxygens (including phenoxy) is 1. The molecule has 0 unspecified atom stereocenters. The van der Waals surface area contributed by atoms with Gasteiger partial charge in [-0.25, -0.2) is 0 Å². The average Bonchev–Trinajstić information content (AvgIpc) is 3.07. The Morgan fingerprint density at radius 2 is 0.930 bits per heavy atom. The Labute approximate surface area is 264 Å². The lowest BCUT2D eigenvalue weighted by Crippen LogP contribution is -3.00. The van der Waals surface area contributed by atoms with E-state index in [9.17, 15) is 0 Å². The molecule has 0 heterocycles. The van der Waals surface area contributed by atoms with Crippen LogP contribution in [0.1, 0.15) is 5.56 Å². The van der Waals surface area contributed by atoms with Gasteiger partial charge in [-0.3, -0.25) is 0 Å². The maximum absolute atomic E-state index is 6.17. The smallest absolute Gasteiger partial charge is 0.127 e. The highest BCUT2D eigenvalue weighted by molar-refractivity contribution is 7.95. The predicted octanol–water partition coefficient (Wildman–Crippen LogP) is 6.17. The van der Waals surface area contributed by atoms with E-state index < -0.39 is 7.26 Å². The molecular weight excluding hydrogens is 607 g/mol. The zero-order valence-electron chi connectivity index (χ0n) is 24.0. The van der Waals surface area contributed by atoms with E-state index in [1.165, 1.54) is 48.6 Å². The van der Waals surface area contributed by atoms with Crippen molar-refractivity contribution in [3.05, 3.63) is 169 Å². The first-order chi connectivity index (χ1) is 20.8. The molecule has 43 heavy (non-hydrogen) atoms. The van der Waals surface area contributed by atoms with E-state index >= 15 is 0 Å². The van der Waals surface area contributed by atoms with E-state index in [2.05, 4.69) is 164 Å². The molecule has 1 nitrogen and oxygen atoms in total. The van der Waals surface area contributed by atoms with Crippen molar-refractivity contribution < 1.29 is 21.7 Å². The quantitative estimate of drug-likeness (QED) is 0.190. The van der Waals surface area contributed by atoms with Crippen molar-refractivity contribution in [1.82, 2.24) is 0 Å². The molecule has 0 aliphatic heterocycles. The van der Waals surface area contributed by atoms with Gasteiger partial charge in [-0.1, -0.05) is 127 Å². The summed E-state index contributed by atoms with van der Waals surface area (Å²) in [7, 11) is -0.456. The molecule has 0 saturated carbocycles. The zero-order valence-corrected chi connectivity index (χ0v) is 26.5. The van der Waals surface area contributed by atoms with Crippen LogP contribution in [0.4, 0.5) is 0 Å². The number of halogens is 1. The first kappa shape index (κ1) is 28.9. The van der Waals surface area contributed by atoms with Gasteiger partial charge in [0, 0.05) is 11.1 Å². The maximum atomic E-state index is 6.17. The minimum Gasteiger partial charge on any atom is -1.00 e. The molecule has 0 aromatic heterocycles. The molecule has 0 aliphatic carbocycles. The lowest BCUT2D eigenvalue weighted by atomic mass is 9.93. The summed E-state index contributed by atoms with van der Waals surface area (Å²) in [6.45, 7) is 0. The maximum Gasteiger partial charge on any atom is 0.127 e. The Hall–Kier alpha value is -4.23. The van der Waals surface area contributed by atoms with Crippen LogP contribution in [0.5, 0.6) is 5.75 Å². The second-order valence-corrected chi connectivity index (χ2v) is 14.1. The van der Waals surface area contributed by atoms with Gasteiger partial charge in [-0.2, -0.15) is 0 Å². The fraction of sp³-hybridized carbons (Fsp3) is 0.0500. The number of hydrogen-bond acceptors (Lipinski definition) is 1. The SMILES string of the molecule is COc1ccc2ccccc2c1-c1c([P+](Cc2ccccc2)(c2ccccc2)c2ccccc2)ccc2ccccc12.[Br-]. The fourth-order valence-electron chi connectivity index (χ4n) is 6.44. The van der Waals surface area contributed by atoms with Crippen LogP contribution < -0.4 is 37.6 Å². The molecule has 0 amide bonds. The molecule has 210 valence electrons. The summed E-state index contributed by atoms with van der Waals surface area (Å²) in [5.41, 5.74) is 3.76. The lowest BCUT2D eigenvalue weighted by molar-refractivity contribution is -0.00000824. The second kappa shape index (κ2) is 12.6. The Bertz CT molecular complexity index is 1950. The molecule has 7 aromatic rings. The Kier molecular flexibility index (Phi) is 8.43. The van der Waals surface area contributed by atoms with Gasteiger partial charge < -0.3 is 21.7 Å². The van der Waals surface area contributed by atoms with Crippen LogP contribution in [0.2, 0.25) is 0 Å². The molecule has 0 spiro atoms. The number of rotatable bonds is 7. The van der Waals surface area contributed by atoms with Crippen molar-refractivity contribution in [2.24, 2.45) is 0 Å². The minimum absolute atomic E-state index is 0. The van der Waals surface area contributed by atoms with Gasteiger partial charge in [-0.15, -0.1) is 0 Å². The topological polar surface area (TPSA) is 9.23 Å². The van der Waals surface area contributed by atoms with Crippen molar-refractivity contribution in [3.63, 3.8) is 0 Å². The summed E-state index contributed by atoms with van der Waals surface area (Å²) in [5, 5.41) is 9.00. The molecule has 3 heteroatoms. The first-order valence-electron chi connectivity index (χ1n) is 14.4. The van der Waals surface area contributed by atoms with E-state index in [1.54, 1.807) is 7.11 Å². The van der Waals surface area contributed by atoms with E-state index in [4.69, 9.17) is 4.74 Å². The summed E-state index contributed by atoms with van der Waals surface area (Å²) in [5.74, 6) is 0.894. The standard InChI is InChI=1S/C40H32OP.BrH/c1-41-37-27-25-31-17-11-13-23-35(31)39(37)40-36-24-14-12-18-32(36)26-28-38(40)42(33-19-7-3-8-20-33,34-21-9-4-10-22-34)29-30-15-5-2-6-16-30;/h2-28H,29H2,1H3;1H/q+1;/p-1. The van der Waals surface area contributed by atoms with E-state index in [1.807, 2.05) is 0 Å². The third-order valence-corrected chi connectivity index (χ3v) is 12.7. The van der Waals surface area contributed by atoms with Crippen LogP contribution in [0.3, 0.4) is 0 Å². The van der Waals surface area contributed by atoms with E-state index in [-0.39, 0.29) is 17.0 Å². The number of benzene rings is 7. The summed E-state index contributed by atoms with van der Waals surface area (Å²) >= 11 is 0. The number of hydrogen-bond donors (Lipinski definition) is 0. The van der Waals surface area contributed by atoms with E-state index in [0.29, 0.717) is 0 Å². The molecule has 0 radical (unpaired) electrons. The van der Waals surface area contributed by atoms with Crippen molar-refractivity contribution in [2.75, 3.05) is 7.11 Å². The molecular formula is C40H32BrOP. The van der Waals surface area contributed by atoms with Crippen molar-refractivity contribution in [2.45, 2.75) is 6.16 Å². The third kappa shape index (κ3) is 5.16. The highest BCUT2D eigenvalue weighted by Crippen LogP contribution is 2.61. The van der Waals surface area contributed by atoms with Crippen LogP contribution >= 0.6 is 7.26 Å². The largest absolute Gasteiger partial charge is 1.00 e. The summed E-state index contributed by atoms with van der Waals surface area (Å²) in [4.78, 5) is 0. The van der Waals surface area contributed by atoms with Crippen LogP contribution in [0, 0.1) is 0 Å². The molecule has 7 rings (SSSR count). The summed E-state index contributed by atoms with van der Waals surface area (Å²) in [6.07, 6.45) is 0.917. The molecule has 7 aromatic carbocycles. The highest BCUT2D eigenvalue weighted by atomic mass is 79.9. The molecule has 0 fully saturated rings. The molecule has 0 atom stereocenters. The van der Waals surface area contributed by atoms with Gasteiger partial charge >= 0.3 is 0 Å². The van der Waals surface area contributed by atoms with Gasteiger partial charge in [-0.05, 0) is 63.5 Å². The van der Waals surface area contributed by atoms with Gasteiger partial charge in [0.05, 0.1) is 13.3 Å². The van der Waals surface area contributed by atoms with Crippen molar-refractivity contribution in [1.29, 1.82) is 0 Å². The summed E-state index contributed by atoms with van der Waals surface area (Å²) < 4.78 is 6.17. The Balaban J connectivity index is 0.00000329. The van der Waals surface area contributed by atoms with Gasteiger partial charge in [0.25, 0.3) is 0 Å². The van der Waals surface area contributed by atoms with Crippen LogP contribution in [-0.2, 0) is 6.16 Å². The number of fused-ring (bicyclic) bond motifs is 2. The number of methoxy groups -OCH3 is 1. The normalized spacial score (nSPS) is 11.3. The van der Waals surface area contributed by atoms with Crippen molar-refractivity contribution in [3.8, 4) is 16.9 Å². The molecule has 0 saturated heterocycles. The predicted molar refractivity (Wildman–Crippen MR) is 182 cm³/mol. The molecule has 0 bridgehead atoms. The Morgan fingerprint density at radius 3 is 1.49 bits per heavy atom. The van der Waals surface area contributed by atoms with Gasteiger partial charge in [0.15, 0.2) is 0 Å². The molecule has 0 N–H and O–H groups in total. The van der Waals surface area contributed by atoms with Gasteiger partial charge in [0.1, 0.15) is 28.9 Å². The van der Waals surface area contributed by atoms with Crippen LogP contribution in [0.15, 0.2) is 164 Å². The average molecular weight is 640 g/mol. The van der Waals surface area contributed by atoms with Gasteiger partial charge in [0.2, 0.25) is 0 Å². The second-order valence-electron chi connectivity index (χ2n) is 10.7. The molecule has 0 aliphatic rings. The van der Waals surface area contributed by atoms with E-state index in [0.717, 1.165) is 17.5 Å².